The number of rotatable bonds is 7. The van der Waals surface area contributed by atoms with Gasteiger partial charge in [-0.2, -0.15) is 5.10 Å². The van der Waals surface area contributed by atoms with E-state index < -0.39 is 0 Å². The molecule has 0 saturated heterocycles. The van der Waals surface area contributed by atoms with Crippen molar-refractivity contribution in [2.24, 2.45) is 0 Å². The Balaban J connectivity index is 1.55. The second kappa shape index (κ2) is 9.44. The zero-order valence-electron chi connectivity index (χ0n) is 18.9. The number of amides is 1. The van der Waals surface area contributed by atoms with Crippen LogP contribution in [0.4, 0.5) is 0 Å². The molecule has 7 heteroatoms. The highest BCUT2D eigenvalue weighted by atomic mass is 16.5. The van der Waals surface area contributed by atoms with Crippen molar-refractivity contribution < 1.29 is 14.6 Å². The molecule has 1 amide bonds. The second-order valence-electron chi connectivity index (χ2n) is 8.43. The van der Waals surface area contributed by atoms with Crippen LogP contribution in [0.2, 0.25) is 0 Å². The van der Waals surface area contributed by atoms with E-state index in [1.165, 1.54) is 5.56 Å². The van der Waals surface area contributed by atoms with Crippen molar-refractivity contribution in [2.45, 2.75) is 32.5 Å². The third kappa shape index (κ3) is 4.78. The molecule has 0 aliphatic carbocycles. The lowest BCUT2D eigenvalue weighted by Gasteiger charge is -2.28. The topological polar surface area (TPSA) is 70.8 Å². The average Bonchev–Trinajstić information content (AvgIpc) is 3.15. The Kier molecular flexibility index (Phi) is 6.46. The summed E-state index contributed by atoms with van der Waals surface area (Å²) >= 11 is 0. The molecule has 7 nitrogen and oxygen atoms in total. The van der Waals surface area contributed by atoms with Crippen molar-refractivity contribution in [1.29, 1.82) is 0 Å². The number of aromatic hydroxyl groups is 1. The van der Waals surface area contributed by atoms with E-state index >= 15 is 0 Å². The van der Waals surface area contributed by atoms with Crippen LogP contribution in [0.1, 0.15) is 32.9 Å². The lowest BCUT2D eigenvalue weighted by Crippen LogP contribution is -2.32. The molecule has 2 aromatic carbocycles. The Bertz CT molecular complexity index is 1090. The van der Waals surface area contributed by atoms with E-state index in [9.17, 15) is 9.90 Å². The Morgan fingerprint density at radius 2 is 1.94 bits per heavy atom. The van der Waals surface area contributed by atoms with Crippen molar-refractivity contribution in [2.75, 3.05) is 27.7 Å². The van der Waals surface area contributed by atoms with Crippen LogP contribution in [-0.4, -0.2) is 58.3 Å². The van der Waals surface area contributed by atoms with Gasteiger partial charge in [0.15, 0.2) is 5.69 Å². The van der Waals surface area contributed by atoms with Crippen molar-refractivity contribution in [3.05, 3.63) is 76.6 Å². The zero-order valence-corrected chi connectivity index (χ0v) is 18.9. The van der Waals surface area contributed by atoms with E-state index in [2.05, 4.69) is 17.0 Å². The van der Waals surface area contributed by atoms with Crippen molar-refractivity contribution >= 4 is 5.91 Å². The smallest absolute Gasteiger partial charge is 0.274 e. The summed E-state index contributed by atoms with van der Waals surface area (Å²) in [6, 6.07) is 15.4. The third-order valence-corrected chi connectivity index (χ3v) is 5.91. The summed E-state index contributed by atoms with van der Waals surface area (Å²) in [6.45, 7) is 3.00. The lowest BCUT2D eigenvalue weighted by molar-refractivity contribution is 0.0818. The SMILES string of the molecule is COc1ccc(CCn2nc(C(=O)N(C)C)c3c2CCN(Cc2cccc(O)c2)C3)cc1. The summed E-state index contributed by atoms with van der Waals surface area (Å²) in [5, 5.41) is 14.5. The molecule has 1 aromatic heterocycles. The number of carbonyl (C=O) groups is 1. The molecular weight excluding hydrogens is 404 g/mol. The zero-order chi connectivity index (χ0) is 22.7. The number of benzene rings is 2. The summed E-state index contributed by atoms with van der Waals surface area (Å²) in [5.41, 5.74) is 4.97. The predicted molar refractivity (Wildman–Crippen MR) is 123 cm³/mol. The molecule has 0 fully saturated rings. The molecule has 4 rings (SSSR count). The first-order chi connectivity index (χ1) is 15.4. The van der Waals surface area contributed by atoms with Crippen LogP contribution in [0.3, 0.4) is 0 Å². The van der Waals surface area contributed by atoms with E-state index in [0.29, 0.717) is 12.2 Å². The number of phenols is 1. The Labute approximate surface area is 188 Å². The van der Waals surface area contributed by atoms with Crippen LogP contribution >= 0.6 is 0 Å². The molecule has 0 atom stereocenters. The van der Waals surface area contributed by atoms with Gasteiger partial charge in [0.1, 0.15) is 11.5 Å². The van der Waals surface area contributed by atoms with Gasteiger partial charge in [0.05, 0.1) is 7.11 Å². The quantitative estimate of drug-likeness (QED) is 0.619. The Hall–Kier alpha value is -3.32. The molecular formula is C25H30N4O3. The van der Waals surface area contributed by atoms with Crippen LogP contribution in [-0.2, 0) is 32.5 Å². The molecule has 2 heterocycles. The van der Waals surface area contributed by atoms with Gasteiger partial charge in [-0.25, -0.2) is 0 Å². The van der Waals surface area contributed by atoms with E-state index in [1.807, 2.05) is 28.9 Å². The number of phenolic OH excluding ortho intramolecular Hbond substituents is 1. The number of aromatic nitrogens is 2. The summed E-state index contributed by atoms with van der Waals surface area (Å²) < 4.78 is 7.26. The minimum absolute atomic E-state index is 0.0661. The molecule has 0 radical (unpaired) electrons. The molecule has 1 N–H and O–H groups in total. The number of nitrogens with zero attached hydrogens (tertiary/aromatic N) is 4. The van der Waals surface area contributed by atoms with Gasteiger partial charge >= 0.3 is 0 Å². The number of methoxy groups -OCH3 is 1. The normalized spacial score (nSPS) is 13.6. The second-order valence-corrected chi connectivity index (χ2v) is 8.43. The van der Waals surface area contributed by atoms with Gasteiger partial charge in [-0.1, -0.05) is 24.3 Å². The van der Waals surface area contributed by atoms with Crippen LogP contribution in [0, 0.1) is 0 Å². The van der Waals surface area contributed by atoms with Gasteiger partial charge in [0, 0.05) is 58.0 Å². The largest absolute Gasteiger partial charge is 0.508 e. The lowest BCUT2D eigenvalue weighted by atomic mass is 10.0. The van der Waals surface area contributed by atoms with E-state index in [0.717, 1.165) is 55.0 Å². The first-order valence-corrected chi connectivity index (χ1v) is 10.9. The first kappa shape index (κ1) is 21.9. The average molecular weight is 435 g/mol. The molecule has 0 unspecified atom stereocenters. The minimum Gasteiger partial charge on any atom is -0.508 e. The number of hydrogen-bond donors (Lipinski definition) is 1. The number of hydrogen-bond acceptors (Lipinski definition) is 5. The fourth-order valence-electron chi connectivity index (χ4n) is 4.19. The van der Waals surface area contributed by atoms with Crippen LogP contribution in [0.15, 0.2) is 48.5 Å². The third-order valence-electron chi connectivity index (χ3n) is 5.91. The molecule has 1 aliphatic heterocycles. The van der Waals surface area contributed by atoms with E-state index in [-0.39, 0.29) is 11.7 Å². The molecule has 0 spiro atoms. The Morgan fingerprint density at radius 3 is 2.62 bits per heavy atom. The van der Waals surface area contributed by atoms with Crippen molar-refractivity contribution in [3.8, 4) is 11.5 Å². The van der Waals surface area contributed by atoms with Gasteiger partial charge in [-0.05, 0) is 41.8 Å². The number of carbonyl (C=O) groups excluding carboxylic acids is 1. The van der Waals surface area contributed by atoms with E-state index in [1.54, 1.807) is 38.2 Å². The fourth-order valence-corrected chi connectivity index (χ4v) is 4.19. The number of aryl methyl sites for hydroxylation is 2. The van der Waals surface area contributed by atoms with Crippen LogP contribution in [0.25, 0.3) is 0 Å². The summed E-state index contributed by atoms with van der Waals surface area (Å²) in [5.74, 6) is 1.05. The molecule has 3 aromatic rings. The van der Waals surface area contributed by atoms with Gasteiger partial charge in [-0.15, -0.1) is 0 Å². The minimum atomic E-state index is -0.0661. The number of fused-ring (bicyclic) bond motifs is 1. The van der Waals surface area contributed by atoms with Gasteiger partial charge in [0.2, 0.25) is 0 Å². The molecule has 0 bridgehead atoms. The summed E-state index contributed by atoms with van der Waals surface area (Å²) in [6.07, 6.45) is 1.67. The highest BCUT2D eigenvalue weighted by Gasteiger charge is 2.28. The molecule has 1 aliphatic rings. The monoisotopic (exact) mass is 434 g/mol. The maximum atomic E-state index is 12.9. The molecule has 32 heavy (non-hydrogen) atoms. The van der Waals surface area contributed by atoms with Crippen LogP contribution < -0.4 is 4.74 Å². The van der Waals surface area contributed by atoms with Crippen LogP contribution in [0.5, 0.6) is 11.5 Å². The number of ether oxygens (including phenoxy) is 1. The predicted octanol–water partition coefficient (Wildman–Crippen LogP) is 3.10. The Morgan fingerprint density at radius 1 is 1.16 bits per heavy atom. The molecule has 168 valence electrons. The van der Waals surface area contributed by atoms with Crippen molar-refractivity contribution in [3.63, 3.8) is 0 Å². The summed E-state index contributed by atoms with van der Waals surface area (Å²) in [4.78, 5) is 16.8. The van der Waals surface area contributed by atoms with Gasteiger partial charge in [0.25, 0.3) is 5.91 Å². The highest BCUT2D eigenvalue weighted by Crippen LogP contribution is 2.26. The van der Waals surface area contributed by atoms with E-state index in [4.69, 9.17) is 9.84 Å². The summed E-state index contributed by atoms with van der Waals surface area (Å²) in [7, 11) is 5.19. The maximum Gasteiger partial charge on any atom is 0.274 e. The molecule has 0 saturated carbocycles. The standard InChI is InChI=1S/C25H30N4O3/c1-27(2)25(31)24-22-17-28(16-19-5-4-6-20(30)15-19)13-12-23(22)29(26-24)14-11-18-7-9-21(32-3)10-8-18/h4-10,15,30H,11-14,16-17H2,1-3H3. The first-order valence-electron chi connectivity index (χ1n) is 10.9. The van der Waals surface area contributed by atoms with Gasteiger partial charge in [-0.3, -0.25) is 14.4 Å². The van der Waals surface area contributed by atoms with Crippen molar-refractivity contribution in [1.82, 2.24) is 19.6 Å². The maximum absolute atomic E-state index is 12.9. The fraction of sp³-hybridized carbons (Fsp3) is 0.360. The highest BCUT2D eigenvalue weighted by molar-refractivity contribution is 5.93. The van der Waals surface area contributed by atoms with Gasteiger partial charge < -0.3 is 14.7 Å².